The summed E-state index contributed by atoms with van der Waals surface area (Å²) in [5.41, 5.74) is 5.36. The van der Waals surface area contributed by atoms with Crippen molar-refractivity contribution >= 4 is 11.9 Å². The first-order valence-electron chi connectivity index (χ1n) is 5.07. The smallest absolute Gasteiger partial charge is 0.318 e. The van der Waals surface area contributed by atoms with Crippen LogP contribution >= 0.6 is 0 Å². The number of nitrogens with two attached hydrogens (primary N) is 1. The Morgan fingerprint density at radius 2 is 2.47 bits per heavy atom. The van der Waals surface area contributed by atoms with Crippen molar-refractivity contribution in [3.8, 4) is 0 Å². The van der Waals surface area contributed by atoms with Gasteiger partial charge in [0, 0.05) is 25.4 Å². The van der Waals surface area contributed by atoms with Gasteiger partial charge in [-0.15, -0.1) is 0 Å². The molecule has 0 aliphatic carbocycles. The van der Waals surface area contributed by atoms with Gasteiger partial charge in [-0.2, -0.15) is 4.98 Å². The van der Waals surface area contributed by atoms with E-state index in [0.717, 1.165) is 13.0 Å². The molecule has 1 aliphatic rings. The second kappa shape index (κ2) is 3.88. The Kier molecular flexibility index (Phi) is 2.57. The maximum absolute atomic E-state index is 11.4. The molecule has 1 aromatic heterocycles. The van der Waals surface area contributed by atoms with Gasteiger partial charge in [-0.3, -0.25) is 4.79 Å². The highest BCUT2D eigenvalue weighted by molar-refractivity contribution is 5.77. The maximum atomic E-state index is 11.4. The van der Waals surface area contributed by atoms with Gasteiger partial charge in [0.2, 0.25) is 5.91 Å². The average molecular weight is 210 g/mol. The number of nitrogen functional groups attached to an aromatic ring is 1. The molecule has 1 saturated heterocycles. The second-order valence-electron chi connectivity index (χ2n) is 3.66. The zero-order valence-corrected chi connectivity index (χ0v) is 8.64. The van der Waals surface area contributed by atoms with Crippen molar-refractivity contribution in [2.75, 3.05) is 18.8 Å². The molecule has 82 valence electrons. The fourth-order valence-corrected chi connectivity index (χ4v) is 1.84. The minimum atomic E-state index is 0.0879. The summed E-state index contributed by atoms with van der Waals surface area (Å²) in [5.74, 6) is 0.965. The van der Waals surface area contributed by atoms with Crippen LogP contribution in [0.15, 0.2) is 4.52 Å². The van der Waals surface area contributed by atoms with E-state index in [2.05, 4.69) is 10.1 Å². The lowest BCUT2D eigenvalue weighted by atomic mass is 9.97. The average Bonchev–Trinajstić information content (AvgIpc) is 2.66. The number of hydrogen-bond acceptors (Lipinski definition) is 5. The van der Waals surface area contributed by atoms with Gasteiger partial charge in [-0.25, -0.2) is 0 Å². The van der Waals surface area contributed by atoms with Crippen molar-refractivity contribution in [1.29, 1.82) is 0 Å². The summed E-state index contributed by atoms with van der Waals surface area (Å²) in [6, 6.07) is 0.0879. The van der Waals surface area contributed by atoms with E-state index in [-0.39, 0.29) is 17.8 Å². The molecule has 6 nitrogen and oxygen atoms in total. The van der Waals surface area contributed by atoms with Gasteiger partial charge in [0.15, 0.2) is 5.82 Å². The van der Waals surface area contributed by atoms with Gasteiger partial charge >= 0.3 is 6.01 Å². The first kappa shape index (κ1) is 9.95. The minimum absolute atomic E-state index is 0.0879. The third kappa shape index (κ3) is 1.93. The number of carbonyl (C=O) groups excluding carboxylic acids is 1. The number of hydrogen-bond donors (Lipinski definition) is 1. The molecule has 1 fully saturated rings. The van der Waals surface area contributed by atoms with Crippen molar-refractivity contribution in [1.82, 2.24) is 15.0 Å². The second-order valence-corrected chi connectivity index (χ2v) is 3.66. The van der Waals surface area contributed by atoms with Crippen LogP contribution < -0.4 is 5.73 Å². The molecule has 0 unspecified atom stereocenters. The number of rotatable bonds is 2. The Morgan fingerprint density at radius 3 is 3.07 bits per heavy atom. The molecule has 15 heavy (non-hydrogen) atoms. The lowest BCUT2D eigenvalue weighted by molar-refractivity contribution is -0.133. The largest absolute Gasteiger partial charge is 0.351 e. The summed E-state index contributed by atoms with van der Waals surface area (Å²) in [7, 11) is 0. The van der Waals surface area contributed by atoms with Crippen molar-refractivity contribution in [3.05, 3.63) is 5.82 Å². The summed E-state index contributed by atoms with van der Waals surface area (Å²) < 4.78 is 4.73. The van der Waals surface area contributed by atoms with Gasteiger partial charge in [0.05, 0.1) is 0 Å². The van der Waals surface area contributed by atoms with Crippen LogP contribution in [0.5, 0.6) is 0 Å². The molecule has 0 saturated carbocycles. The molecule has 2 heterocycles. The van der Waals surface area contributed by atoms with Crippen LogP contribution in [-0.4, -0.2) is 34.0 Å². The van der Waals surface area contributed by atoms with Gasteiger partial charge in [-0.05, 0) is 13.3 Å². The predicted octanol–water partition coefficient (Wildman–Crippen LogP) is 0.378. The van der Waals surface area contributed by atoms with Gasteiger partial charge in [-0.1, -0.05) is 5.16 Å². The van der Waals surface area contributed by atoms with Crippen molar-refractivity contribution < 1.29 is 9.32 Å². The normalized spacial score (nSPS) is 22.1. The Hall–Kier alpha value is -1.59. The highest BCUT2D eigenvalue weighted by Gasteiger charge is 2.28. The van der Waals surface area contributed by atoms with E-state index in [1.165, 1.54) is 0 Å². The van der Waals surface area contributed by atoms with E-state index in [1.54, 1.807) is 4.90 Å². The van der Waals surface area contributed by atoms with E-state index < -0.39 is 0 Å². The molecular weight excluding hydrogens is 196 g/mol. The fraction of sp³-hybridized carbons (Fsp3) is 0.667. The number of likely N-dealkylation sites (tertiary alicyclic amines) is 1. The predicted molar refractivity (Wildman–Crippen MR) is 52.9 cm³/mol. The van der Waals surface area contributed by atoms with Gasteiger partial charge in [0.25, 0.3) is 0 Å². The summed E-state index contributed by atoms with van der Waals surface area (Å²) in [5, 5.41) is 3.78. The molecule has 0 bridgehead atoms. The summed E-state index contributed by atoms with van der Waals surface area (Å²) >= 11 is 0. The standard InChI is InChI=1S/C9H14N4O2/c1-2-13-5-6(3-4-7(13)14)8-11-9(10)15-12-8/h6H,2-5H2,1H3,(H2,10,11,12)/t6-/m0/s1. The molecule has 0 spiro atoms. The molecule has 0 radical (unpaired) electrons. The van der Waals surface area contributed by atoms with Crippen LogP contribution in [0.2, 0.25) is 0 Å². The van der Waals surface area contributed by atoms with Gasteiger partial charge < -0.3 is 15.2 Å². The number of aromatic nitrogens is 2. The summed E-state index contributed by atoms with van der Waals surface area (Å²) in [4.78, 5) is 17.2. The van der Waals surface area contributed by atoms with Crippen LogP contribution in [0.1, 0.15) is 31.5 Å². The summed E-state index contributed by atoms with van der Waals surface area (Å²) in [6.07, 6.45) is 1.32. The number of likely N-dealkylation sites (N-methyl/N-ethyl adjacent to an activating group) is 1. The van der Waals surface area contributed by atoms with Crippen molar-refractivity contribution in [3.63, 3.8) is 0 Å². The zero-order chi connectivity index (χ0) is 10.8. The molecule has 6 heteroatoms. The van der Waals surface area contributed by atoms with E-state index in [0.29, 0.717) is 18.8 Å². The van der Waals surface area contributed by atoms with E-state index in [4.69, 9.17) is 10.3 Å². The first-order chi connectivity index (χ1) is 7.20. The van der Waals surface area contributed by atoms with Crippen LogP contribution in [0.3, 0.4) is 0 Å². The lowest BCUT2D eigenvalue weighted by Crippen LogP contribution is -2.39. The van der Waals surface area contributed by atoms with Gasteiger partial charge in [0.1, 0.15) is 0 Å². The number of piperidine rings is 1. The number of carbonyl (C=O) groups is 1. The van der Waals surface area contributed by atoms with E-state index >= 15 is 0 Å². The Labute approximate surface area is 87.4 Å². The zero-order valence-electron chi connectivity index (χ0n) is 8.64. The van der Waals surface area contributed by atoms with Crippen molar-refractivity contribution in [2.45, 2.75) is 25.7 Å². The minimum Gasteiger partial charge on any atom is -0.351 e. The Balaban J connectivity index is 2.09. The van der Waals surface area contributed by atoms with E-state index in [9.17, 15) is 4.79 Å². The number of anilines is 1. The monoisotopic (exact) mass is 210 g/mol. The van der Waals surface area contributed by atoms with Crippen LogP contribution in [0.25, 0.3) is 0 Å². The molecule has 1 atom stereocenters. The molecule has 1 aromatic rings. The van der Waals surface area contributed by atoms with Crippen LogP contribution in [0, 0.1) is 0 Å². The molecule has 1 amide bonds. The molecular formula is C9H14N4O2. The Bertz CT molecular complexity index is 363. The van der Waals surface area contributed by atoms with Crippen LogP contribution in [0.4, 0.5) is 6.01 Å². The Morgan fingerprint density at radius 1 is 1.67 bits per heavy atom. The highest BCUT2D eigenvalue weighted by Crippen LogP contribution is 2.25. The molecule has 2 rings (SSSR count). The third-order valence-corrected chi connectivity index (χ3v) is 2.70. The maximum Gasteiger partial charge on any atom is 0.318 e. The SMILES string of the molecule is CCN1C[C@@H](c2noc(N)n2)CCC1=O. The number of amides is 1. The fourth-order valence-electron chi connectivity index (χ4n) is 1.84. The van der Waals surface area contributed by atoms with E-state index in [1.807, 2.05) is 6.92 Å². The topological polar surface area (TPSA) is 85.2 Å². The molecule has 1 aliphatic heterocycles. The quantitative estimate of drug-likeness (QED) is 0.762. The van der Waals surface area contributed by atoms with Crippen molar-refractivity contribution in [2.24, 2.45) is 0 Å². The van der Waals surface area contributed by atoms with Crippen LogP contribution in [-0.2, 0) is 4.79 Å². The third-order valence-electron chi connectivity index (χ3n) is 2.70. The highest BCUT2D eigenvalue weighted by atomic mass is 16.5. The molecule has 0 aromatic carbocycles. The summed E-state index contributed by atoms with van der Waals surface area (Å²) in [6.45, 7) is 3.35. The number of nitrogens with zero attached hydrogens (tertiary/aromatic N) is 3. The lowest BCUT2D eigenvalue weighted by Gasteiger charge is -2.29. The molecule has 2 N–H and O–H groups in total. The first-order valence-corrected chi connectivity index (χ1v) is 5.07.